The Bertz CT molecular complexity index is 711. The first kappa shape index (κ1) is 19.2. The van der Waals surface area contributed by atoms with Gasteiger partial charge in [-0.25, -0.2) is 0 Å². The maximum absolute atomic E-state index is 5.81. The maximum atomic E-state index is 5.81. The second-order valence-corrected chi connectivity index (χ2v) is 6.25. The highest BCUT2D eigenvalue weighted by atomic mass is 79.9. The Morgan fingerprint density at radius 2 is 1.92 bits per heavy atom. The normalized spacial score (nSPS) is 10.5. The molecular weight excluding hydrogens is 402 g/mol. The number of thiocarbonyl (C=S) groups is 1. The molecule has 0 heterocycles. The minimum atomic E-state index is 0.431. The molecule has 132 valence electrons. The molecule has 0 saturated heterocycles. The van der Waals surface area contributed by atoms with Crippen molar-refractivity contribution in [3.05, 3.63) is 58.6 Å². The molecule has 0 aliphatic rings. The molecule has 2 rings (SSSR count). The van der Waals surface area contributed by atoms with Crippen molar-refractivity contribution in [2.75, 3.05) is 19.8 Å². The van der Waals surface area contributed by atoms with E-state index < -0.39 is 0 Å². The van der Waals surface area contributed by atoms with E-state index in [4.69, 9.17) is 21.7 Å². The van der Waals surface area contributed by atoms with Crippen LogP contribution in [0.2, 0.25) is 0 Å². The van der Waals surface area contributed by atoms with Crippen LogP contribution in [0.3, 0.4) is 0 Å². The summed E-state index contributed by atoms with van der Waals surface area (Å²) in [6, 6.07) is 15.4. The highest BCUT2D eigenvalue weighted by Gasteiger charge is 2.03. The van der Waals surface area contributed by atoms with E-state index in [-0.39, 0.29) is 0 Å². The van der Waals surface area contributed by atoms with E-state index in [0.29, 0.717) is 18.3 Å². The molecule has 0 unspecified atom stereocenters. The van der Waals surface area contributed by atoms with E-state index in [2.05, 4.69) is 31.8 Å². The number of benzene rings is 2. The van der Waals surface area contributed by atoms with Gasteiger partial charge in [-0.2, -0.15) is 5.10 Å². The van der Waals surface area contributed by atoms with Gasteiger partial charge in [-0.3, -0.25) is 5.43 Å². The van der Waals surface area contributed by atoms with Crippen LogP contribution in [0, 0.1) is 0 Å². The van der Waals surface area contributed by atoms with Crippen LogP contribution in [0.25, 0.3) is 0 Å². The van der Waals surface area contributed by atoms with Gasteiger partial charge in [-0.1, -0.05) is 34.1 Å². The summed E-state index contributed by atoms with van der Waals surface area (Å²) >= 11 is 8.52. The fourth-order valence-electron chi connectivity index (χ4n) is 1.94. The van der Waals surface area contributed by atoms with Crippen molar-refractivity contribution in [1.29, 1.82) is 0 Å². The van der Waals surface area contributed by atoms with Gasteiger partial charge in [-0.05, 0) is 49.5 Å². The lowest BCUT2D eigenvalue weighted by molar-refractivity contribution is 0.217. The molecule has 0 atom stereocenters. The minimum absolute atomic E-state index is 0.431. The molecule has 0 aromatic heterocycles. The van der Waals surface area contributed by atoms with Crippen molar-refractivity contribution in [3.63, 3.8) is 0 Å². The van der Waals surface area contributed by atoms with Gasteiger partial charge in [0.25, 0.3) is 0 Å². The van der Waals surface area contributed by atoms with Crippen LogP contribution in [0.15, 0.2) is 58.1 Å². The summed E-state index contributed by atoms with van der Waals surface area (Å²) in [6.45, 7) is 3.60. The monoisotopic (exact) mass is 421 g/mol. The number of halogens is 1. The van der Waals surface area contributed by atoms with E-state index >= 15 is 0 Å². The molecule has 5 nitrogen and oxygen atoms in total. The van der Waals surface area contributed by atoms with Gasteiger partial charge in [0, 0.05) is 16.6 Å². The fraction of sp³-hybridized carbons (Fsp3) is 0.222. The molecule has 25 heavy (non-hydrogen) atoms. The first-order valence-corrected chi connectivity index (χ1v) is 9.06. The summed E-state index contributed by atoms with van der Waals surface area (Å²) in [5.41, 5.74) is 3.60. The highest BCUT2D eigenvalue weighted by molar-refractivity contribution is 9.10. The summed E-state index contributed by atoms with van der Waals surface area (Å²) in [7, 11) is 0. The first-order valence-electron chi connectivity index (χ1n) is 7.86. The summed E-state index contributed by atoms with van der Waals surface area (Å²) in [5, 5.41) is 7.57. The predicted molar refractivity (Wildman–Crippen MR) is 109 cm³/mol. The summed E-state index contributed by atoms with van der Waals surface area (Å²) < 4.78 is 12.4. The van der Waals surface area contributed by atoms with E-state index in [1.54, 1.807) is 6.21 Å². The Morgan fingerprint density at radius 1 is 1.16 bits per heavy atom. The van der Waals surface area contributed by atoms with E-state index in [9.17, 15) is 0 Å². The van der Waals surface area contributed by atoms with Gasteiger partial charge in [0.1, 0.15) is 24.7 Å². The molecule has 0 aliphatic heterocycles. The summed E-state index contributed by atoms with van der Waals surface area (Å²) in [4.78, 5) is 0. The second-order valence-electron chi connectivity index (χ2n) is 4.92. The van der Waals surface area contributed by atoms with Gasteiger partial charge in [0.15, 0.2) is 5.11 Å². The smallest absolute Gasteiger partial charge is 0.186 e. The fourth-order valence-corrected chi connectivity index (χ4v) is 2.52. The molecule has 0 spiro atoms. The number of hydrogen-bond acceptors (Lipinski definition) is 4. The van der Waals surface area contributed by atoms with Gasteiger partial charge in [-0.15, -0.1) is 0 Å². The zero-order valence-electron chi connectivity index (χ0n) is 13.9. The van der Waals surface area contributed by atoms with Crippen molar-refractivity contribution < 1.29 is 9.47 Å². The van der Waals surface area contributed by atoms with E-state index in [1.807, 2.05) is 55.5 Å². The molecule has 0 saturated carbocycles. The van der Waals surface area contributed by atoms with Crippen LogP contribution in [-0.4, -0.2) is 31.1 Å². The quantitative estimate of drug-likeness (QED) is 0.294. The van der Waals surface area contributed by atoms with Crippen LogP contribution in [0.5, 0.6) is 11.5 Å². The van der Waals surface area contributed by atoms with Crippen molar-refractivity contribution in [2.45, 2.75) is 6.92 Å². The Kier molecular flexibility index (Phi) is 8.21. The topological polar surface area (TPSA) is 54.9 Å². The molecule has 7 heteroatoms. The molecule has 2 aromatic rings. The Hall–Kier alpha value is -2.12. The first-order chi connectivity index (χ1) is 12.2. The molecule has 0 amide bonds. The van der Waals surface area contributed by atoms with Crippen molar-refractivity contribution in [2.24, 2.45) is 5.10 Å². The number of ether oxygens (including phenoxy) is 2. The average Bonchev–Trinajstić information content (AvgIpc) is 2.61. The zero-order valence-corrected chi connectivity index (χ0v) is 16.3. The largest absolute Gasteiger partial charge is 0.490 e. The van der Waals surface area contributed by atoms with Crippen molar-refractivity contribution in [3.8, 4) is 11.5 Å². The number of nitrogens with one attached hydrogen (secondary N) is 2. The third-order valence-corrected chi connectivity index (χ3v) is 3.76. The lowest BCUT2D eigenvalue weighted by atomic mass is 10.2. The van der Waals surface area contributed by atoms with Gasteiger partial charge >= 0.3 is 0 Å². The van der Waals surface area contributed by atoms with Gasteiger partial charge < -0.3 is 14.8 Å². The van der Waals surface area contributed by atoms with Gasteiger partial charge in [0.05, 0.1) is 6.21 Å². The van der Waals surface area contributed by atoms with Crippen LogP contribution in [0.4, 0.5) is 0 Å². The molecule has 0 bridgehead atoms. The number of hydrogen-bond donors (Lipinski definition) is 2. The third kappa shape index (κ3) is 7.11. The Morgan fingerprint density at radius 3 is 2.68 bits per heavy atom. The third-order valence-electron chi connectivity index (χ3n) is 3.03. The SMILES string of the molecule is CCNC(=S)N/N=C\c1cc(Br)ccc1OCCOc1ccccc1. The number of nitrogens with zero attached hydrogens (tertiary/aromatic N) is 1. The zero-order chi connectivity index (χ0) is 17.9. The van der Waals surface area contributed by atoms with E-state index in [1.165, 1.54) is 0 Å². The number of hydrazone groups is 1. The lowest BCUT2D eigenvalue weighted by Gasteiger charge is -2.11. The van der Waals surface area contributed by atoms with Crippen LogP contribution in [0.1, 0.15) is 12.5 Å². The minimum Gasteiger partial charge on any atom is -0.490 e. The molecular formula is C18H20BrN3O2S. The molecule has 2 N–H and O–H groups in total. The molecule has 0 fully saturated rings. The summed E-state index contributed by atoms with van der Waals surface area (Å²) in [6.07, 6.45) is 1.67. The average molecular weight is 422 g/mol. The predicted octanol–water partition coefficient (Wildman–Crippen LogP) is 3.72. The summed E-state index contributed by atoms with van der Waals surface area (Å²) in [5.74, 6) is 1.55. The van der Waals surface area contributed by atoms with Crippen molar-refractivity contribution in [1.82, 2.24) is 10.7 Å². The Balaban J connectivity index is 1.89. The van der Waals surface area contributed by atoms with Gasteiger partial charge in [0.2, 0.25) is 0 Å². The highest BCUT2D eigenvalue weighted by Crippen LogP contribution is 2.21. The number of rotatable bonds is 8. The van der Waals surface area contributed by atoms with Crippen molar-refractivity contribution >= 4 is 39.5 Å². The Labute approximate surface area is 161 Å². The maximum Gasteiger partial charge on any atom is 0.186 e. The van der Waals surface area contributed by atoms with Crippen LogP contribution in [-0.2, 0) is 0 Å². The standard InChI is InChI=1S/C18H20BrN3O2S/c1-2-20-18(25)22-21-13-14-12-15(19)8-9-17(14)24-11-10-23-16-6-4-3-5-7-16/h3-9,12-13H,2,10-11H2,1H3,(H2,20,22,25)/b21-13-. The molecule has 0 radical (unpaired) electrons. The van der Waals surface area contributed by atoms with Crippen LogP contribution < -0.4 is 20.2 Å². The van der Waals surface area contributed by atoms with E-state index in [0.717, 1.165) is 28.1 Å². The number of para-hydroxylation sites is 1. The second kappa shape index (κ2) is 10.7. The lowest BCUT2D eigenvalue weighted by Crippen LogP contribution is -2.31. The van der Waals surface area contributed by atoms with Crippen LogP contribution >= 0.6 is 28.1 Å². The molecule has 0 aliphatic carbocycles. The molecule has 2 aromatic carbocycles.